The highest BCUT2D eigenvalue weighted by atomic mass is 32.1. The topological polar surface area (TPSA) is 55.1 Å². The van der Waals surface area contributed by atoms with E-state index in [0.29, 0.717) is 4.80 Å². The Morgan fingerprint density at radius 2 is 2.19 bits per heavy atom. The fourth-order valence-corrected chi connectivity index (χ4v) is 4.04. The zero-order chi connectivity index (χ0) is 14.8. The number of aryl methyl sites for hydroxylation is 1. The zero-order valence-corrected chi connectivity index (χ0v) is 12.8. The Balaban J connectivity index is 2.10. The van der Waals surface area contributed by atoms with Gasteiger partial charge in [0.05, 0.1) is 7.11 Å². The Hall–Kier alpha value is -1.88. The lowest BCUT2D eigenvalue weighted by molar-refractivity contribution is -0.109. The zero-order valence-electron chi connectivity index (χ0n) is 12.0. The van der Waals surface area contributed by atoms with E-state index in [1.54, 1.807) is 7.11 Å². The maximum atomic E-state index is 11.7. The molecular formula is C16H18N2O2S. The van der Waals surface area contributed by atoms with E-state index in [9.17, 15) is 4.79 Å². The fourth-order valence-electron chi connectivity index (χ4n) is 2.92. The van der Waals surface area contributed by atoms with Crippen LogP contribution in [0.25, 0.3) is 0 Å². The van der Waals surface area contributed by atoms with Gasteiger partial charge in [0, 0.05) is 10.6 Å². The van der Waals surface area contributed by atoms with E-state index in [1.807, 2.05) is 28.8 Å². The van der Waals surface area contributed by atoms with Gasteiger partial charge < -0.3 is 14.1 Å². The van der Waals surface area contributed by atoms with Crippen LogP contribution < -0.4 is 9.54 Å². The highest BCUT2D eigenvalue weighted by Gasteiger charge is 2.23. The van der Waals surface area contributed by atoms with Crippen molar-refractivity contribution in [2.75, 3.05) is 7.11 Å². The molecule has 3 rings (SSSR count). The summed E-state index contributed by atoms with van der Waals surface area (Å²) in [5.41, 5.74) is 2.03. The third-order valence-electron chi connectivity index (χ3n) is 3.96. The van der Waals surface area contributed by atoms with Crippen LogP contribution in [0.15, 0.2) is 24.3 Å². The number of ether oxygens (including phenoxy) is 1. The minimum atomic E-state index is -0.439. The van der Waals surface area contributed by atoms with E-state index in [0.717, 1.165) is 42.6 Å². The van der Waals surface area contributed by atoms with Crippen LogP contribution in [0.1, 0.15) is 35.0 Å². The number of thiazole rings is 1. The summed E-state index contributed by atoms with van der Waals surface area (Å²) in [5, 5.41) is 8.24. The first kappa shape index (κ1) is 14.1. The molecule has 1 unspecified atom stereocenters. The van der Waals surface area contributed by atoms with Crippen LogP contribution >= 0.6 is 11.3 Å². The highest BCUT2D eigenvalue weighted by Crippen LogP contribution is 2.28. The lowest BCUT2D eigenvalue weighted by Crippen LogP contribution is -2.25. The van der Waals surface area contributed by atoms with Crippen molar-refractivity contribution in [3.05, 3.63) is 45.2 Å². The molecule has 21 heavy (non-hydrogen) atoms. The largest absolute Gasteiger partial charge is 0.497 e. The number of nitrogens with one attached hydrogen (secondary N) is 1. The van der Waals surface area contributed by atoms with E-state index in [2.05, 4.69) is 0 Å². The number of nitrogens with zero attached hydrogens (tertiary/aromatic N) is 1. The maximum Gasteiger partial charge on any atom is 0.183 e. The second-order valence-electron chi connectivity index (χ2n) is 5.21. The van der Waals surface area contributed by atoms with Gasteiger partial charge in [-0.2, -0.15) is 0 Å². The van der Waals surface area contributed by atoms with Crippen molar-refractivity contribution < 1.29 is 9.53 Å². The smallest absolute Gasteiger partial charge is 0.183 e. The quantitative estimate of drug-likeness (QED) is 0.883. The molecule has 0 spiro atoms. The van der Waals surface area contributed by atoms with Gasteiger partial charge in [0.15, 0.2) is 4.80 Å². The molecule has 1 aromatic carbocycles. The summed E-state index contributed by atoms with van der Waals surface area (Å²) in [6.45, 7) is 0. The Labute approximate surface area is 127 Å². The van der Waals surface area contributed by atoms with E-state index < -0.39 is 6.04 Å². The second kappa shape index (κ2) is 5.85. The molecule has 110 valence electrons. The molecule has 1 N–H and O–H groups in total. The van der Waals surface area contributed by atoms with Crippen molar-refractivity contribution in [3.8, 4) is 5.75 Å². The standard InChI is InChI=1S/C16H18N2O2S/c1-20-12-6-4-5-11(9-12)14(10-19)18-13-7-2-3-8-15(13)21-16(18)17/h4-6,9-10,14,17H,2-3,7-8H2,1H3. The summed E-state index contributed by atoms with van der Waals surface area (Å²) in [6.07, 6.45) is 5.22. The second-order valence-corrected chi connectivity index (χ2v) is 6.30. The Kier molecular flexibility index (Phi) is 3.92. The van der Waals surface area contributed by atoms with Crippen LogP contribution in [-0.4, -0.2) is 18.0 Å². The number of hydrogen-bond acceptors (Lipinski definition) is 4. The van der Waals surface area contributed by atoms with Crippen LogP contribution in [0.4, 0.5) is 0 Å². The van der Waals surface area contributed by atoms with Crippen LogP contribution in [-0.2, 0) is 17.6 Å². The molecule has 2 aromatic rings. The molecule has 5 heteroatoms. The van der Waals surface area contributed by atoms with E-state index in [1.165, 1.54) is 22.6 Å². The predicted molar refractivity (Wildman–Crippen MR) is 82.0 cm³/mol. The number of fused-ring (bicyclic) bond motifs is 1. The highest BCUT2D eigenvalue weighted by molar-refractivity contribution is 7.09. The predicted octanol–water partition coefficient (Wildman–Crippen LogP) is 2.70. The average Bonchev–Trinajstić information content (AvgIpc) is 2.85. The van der Waals surface area contributed by atoms with Gasteiger partial charge in [-0.3, -0.25) is 5.41 Å². The van der Waals surface area contributed by atoms with Gasteiger partial charge in [-0.25, -0.2) is 0 Å². The minimum absolute atomic E-state index is 0.439. The first-order chi connectivity index (χ1) is 10.2. The lowest BCUT2D eigenvalue weighted by atomic mass is 10.0. The Morgan fingerprint density at radius 1 is 1.38 bits per heavy atom. The number of aromatic nitrogens is 1. The normalized spacial score (nSPS) is 15.3. The Morgan fingerprint density at radius 3 is 2.95 bits per heavy atom. The minimum Gasteiger partial charge on any atom is -0.497 e. The molecule has 0 radical (unpaired) electrons. The molecule has 0 bridgehead atoms. The molecule has 0 aliphatic heterocycles. The van der Waals surface area contributed by atoms with Crippen LogP contribution in [0.3, 0.4) is 0 Å². The SMILES string of the molecule is COc1cccc(C(C=O)n2c3c(sc2=N)CCCC3)c1. The third-order valence-corrected chi connectivity index (χ3v) is 5.04. The number of hydrogen-bond donors (Lipinski definition) is 1. The van der Waals surface area contributed by atoms with Gasteiger partial charge in [0.25, 0.3) is 0 Å². The summed E-state index contributed by atoms with van der Waals surface area (Å²) in [4.78, 5) is 13.4. The summed E-state index contributed by atoms with van der Waals surface area (Å²) in [7, 11) is 1.62. The van der Waals surface area contributed by atoms with Gasteiger partial charge in [0.1, 0.15) is 18.1 Å². The number of aldehydes is 1. The summed E-state index contributed by atoms with van der Waals surface area (Å²) in [6, 6.07) is 7.10. The molecule has 0 fully saturated rings. The van der Waals surface area contributed by atoms with Crippen molar-refractivity contribution in [2.45, 2.75) is 31.7 Å². The van der Waals surface area contributed by atoms with E-state index >= 15 is 0 Å². The van der Waals surface area contributed by atoms with E-state index in [-0.39, 0.29) is 0 Å². The van der Waals surface area contributed by atoms with E-state index in [4.69, 9.17) is 10.1 Å². The van der Waals surface area contributed by atoms with Crippen molar-refractivity contribution in [1.82, 2.24) is 4.57 Å². The molecule has 0 saturated heterocycles. The molecule has 1 heterocycles. The van der Waals surface area contributed by atoms with Crippen LogP contribution in [0.2, 0.25) is 0 Å². The maximum absolute atomic E-state index is 11.7. The van der Waals surface area contributed by atoms with Gasteiger partial charge in [0.2, 0.25) is 0 Å². The fraction of sp³-hybridized carbons (Fsp3) is 0.375. The Bertz CT molecular complexity index is 717. The van der Waals surface area contributed by atoms with Gasteiger partial charge in [-0.1, -0.05) is 12.1 Å². The summed E-state index contributed by atoms with van der Waals surface area (Å²) >= 11 is 1.50. The van der Waals surface area contributed by atoms with Crippen molar-refractivity contribution in [2.24, 2.45) is 0 Å². The van der Waals surface area contributed by atoms with Crippen LogP contribution in [0.5, 0.6) is 5.75 Å². The van der Waals surface area contributed by atoms with Crippen LogP contribution in [0, 0.1) is 5.41 Å². The molecule has 0 amide bonds. The van der Waals surface area contributed by atoms with Crippen molar-refractivity contribution in [1.29, 1.82) is 5.41 Å². The summed E-state index contributed by atoms with van der Waals surface area (Å²) in [5.74, 6) is 0.732. The van der Waals surface area contributed by atoms with Gasteiger partial charge >= 0.3 is 0 Å². The lowest BCUT2D eigenvalue weighted by Gasteiger charge is -2.19. The first-order valence-corrected chi connectivity index (χ1v) is 7.93. The number of rotatable bonds is 4. The number of carbonyl (C=O) groups is 1. The number of methoxy groups -OCH3 is 1. The average molecular weight is 302 g/mol. The molecule has 0 saturated carbocycles. The monoisotopic (exact) mass is 302 g/mol. The number of benzene rings is 1. The molecular weight excluding hydrogens is 284 g/mol. The first-order valence-electron chi connectivity index (χ1n) is 7.11. The van der Waals surface area contributed by atoms with Crippen molar-refractivity contribution in [3.63, 3.8) is 0 Å². The summed E-state index contributed by atoms with van der Waals surface area (Å²) < 4.78 is 7.13. The third kappa shape index (κ3) is 2.53. The molecule has 1 aliphatic carbocycles. The molecule has 1 aliphatic rings. The van der Waals surface area contributed by atoms with Gasteiger partial charge in [-0.05, 0) is 43.4 Å². The number of carbonyl (C=O) groups excluding carboxylic acids is 1. The van der Waals surface area contributed by atoms with Gasteiger partial charge in [-0.15, -0.1) is 11.3 Å². The molecule has 1 atom stereocenters. The molecule has 4 nitrogen and oxygen atoms in total. The molecule has 1 aromatic heterocycles. The van der Waals surface area contributed by atoms with Crippen molar-refractivity contribution >= 4 is 17.6 Å².